The van der Waals surface area contributed by atoms with Gasteiger partial charge in [-0.15, -0.1) is 10.6 Å². The van der Waals surface area contributed by atoms with Gasteiger partial charge >= 0.3 is 0 Å². The summed E-state index contributed by atoms with van der Waals surface area (Å²) in [5.41, 5.74) is 7.54. The molecule has 2 rings (SSSR count). The maximum atomic E-state index is 4.32. The van der Waals surface area contributed by atoms with E-state index in [0.717, 1.165) is 22.9 Å². The maximum absolute atomic E-state index is 4.32. The standard InChI is InChI=1S/C9H14N6/c1-6-4-7(5-8(10-2)11-6)9-12-13-14-15(9)3/h4-5,13-14H,1-3H3,(H,10,11). The summed E-state index contributed by atoms with van der Waals surface area (Å²) in [7, 11) is 3.75. The largest absolute Gasteiger partial charge is 0.373 e. The Morgan fingerprint density at radius 2 is 2.20 bits per heavy atom. The molecule has 3 N–H and O–H groups in total. The zero-order chi connectivity index (χ0) is 10.8. The van der Waals surface area contributed by atoms with Crippen molar-refractivity contribution in [1.82, 2.24) is 21.1 Å². The Bertz CT molecular complexity index is 400. The molecular formula is C9H14N6. The van der Waals surface area contributed by atoms with Gasteiger partial charge < -0.3 is 5.32 Å². The van der Waals surface area contributed by atoms with E-state index in [-0.39, 0.29) is 0 Å². The fourth-order valence-electron chi connectivity index (χ4n) is 1.46. The molecule has 0 unspecified atom stereocenters. The zero-order valence-corrected chi connectivity index (χ0v) is 9.00. The van der Waals surface area contributed by atoms with Crippen LogP contribution in [-0.2, 0) is 0 Å². The summed E-state index contributed by atoms with van der Waals surface area (Å²) in [4.78, 5) is 4.32. The van der Waals surface area contributed by atoms with Gasteiger partial charge in [-0.3, -0.25) is 5.01 Å². The molecule has 1 aliphatic heterocycles. The predicted octanol–water partition coefficient (Wildman–Crippen LogP) is 0.0479. The molecule has 0 aromatic carbocycles. The quantitative estimate of drug-likeness (QED) is 0.638. The van der Waals surface area contributed by atoms with Crippen LogP contribution in [0.15, 0.2) is 17.2 Å². The van der Waals surface area contributed by atoms with Crippen LogP contribution < -0.4 is 16.4 Å². The van der Waals surface area contributed by atoms with Gasteiger partial charge in [0.05, 0.1) is 0 Å². The summed E-state index contributed by atoms with van der Waals surface area (Å²) >= 11 is 0. The molecule has 6 heteroatoms. The monoisotopic (exact) mass is 206 g/mol. The van der Waals surface area contributed by atoms with Crippen LogP contribution in [0.4, 0.5) is 5.82 Å². The molecule has 1 aliphatic rings. The second kappa shape index (κ2) is 3.74. The van der Waals surface area contributed by atoms with E-state index in [0.29, 0.717) is 0 Å². The molecule has 80 valence electrons. The zero-order valence-electron chi connectivity index (χ0n) is 9.00. The minimum absolute atomic E-state index is 0.841. The number of amidine groups is 1. The van der Waals surface area contributed by atoms with Gasteiger partial charge in [0.25, 0.3) is 0 Å². The van der Waals surface area contributed by atoms with Crippen molar-refractivity contribution in [1.29, 1.82) is 0 Å². The van der Waals surface area contributed by atoms with E-state index in [1.165, 1.54) is 0 Å². The Morgan fingerprint density at radius 1 is 1.40 bits per heavy atom. The number of pyridine rings is 1. The molecule has 0 atom stereocenters. The number of anilines is 1. The molecule has 0 saturated carbocycles. The highest BCUT2D eigenvalue weighted by atomic mass is 15.8. The average Bonchev–Trinajstić information content (AvgIpc) is 2.63. The number of hydrazone groups is 1. The van der Waals surface area contributed by atoms with Crippen molar-refractivity contribution in [2.24, 2.45) is 5.10 Å². The fraction of sp³-hybridized carbons (Fsp3) is 0.333. The first-order valence-corrected chi connectivity index (χ1v) is 4.69. The molecule has 0 bridgehead atoms. The highest BCUT2D eigenvalue weighted by Gasteiger charge is 2.15. The molecule has 0 fully saturated rings. The van der Waals surface area contributed by atoms with Crippen LogP contribution >= 0.6 is 0 Å². The third-order valence-corrected chi connectivity index (χ3v) is 2.16. The van der Waals surface area contributed by atoms with E-state index >= 15 is 0 Å². The number of aryl methyl sites for hydroxylation is 1. The Balaban J connectivity index is 2.39. The van der Waals surface area contributed by atoms with Gasteiger partial charge in [-0.2, -0.15) is 0 Å². The first-order chi connectivity index (χ1) is 7.20. The smallest absolute Gasteiger partial charge is 0.172 e. The van der Waals surface area contributed by atoms with Crippen molar-refractivity contribution in [3.8, 4) is 0 Å². The van der Waals surface area contributed by atoms with Crippen molar-refractivity contribution >= 4 is 11.7 Å². The van der Waals surface area contributed by atoms with Gasteiger partial charge in [-0.1, -0.05) is 0 Å². The van der Waals surface area contributed by atoms with E-state index in [2.05, 4.69) is 26.5 Å². The second-order valence-corrected chi connectivity index (χ2v) is 3.35. The molecule has 0 amide bonds. The lowest BCUT2D eigenvalue weighted by atomic mass is 10.2. The van der Waals surface area contributed by atoms with Gasteiger partial charge in [-0.05, 0) is 19.1 Å². The Hall–Kier alpha value is -1.82. The predicted molar refractivity (Wildman–Crippen MR) is 59.1 cm³/mol. The molecule has 15 heavy (non-hydrogen) atoms. The normalized spacial score (nSPS) is 14.9. The molecule has 0 aliphatic carbocycles. The van der Waals surface area contributed by atoms with Crippen LogP contribution in [0.25, 0.3) is 0 Å². The van der Waals surface area contributed by atoms with Crippen molar-refractivity contribution in [2.45, 2.75) is 6.92 Å². The first-order valence-electron chi connectivity index (χ1n) is 4.69. The average molecular weight is 206 g/mol. The number of nitrogens with one attached hydrogen (secondary N) is 3. The van der Waals surface area contributed by atoms with Gasteiger partial charge in [0.1, 0.15) is 5.82 Å². The molecule has 0 radical (unpaired) electrons. The van der Waals surface area contributed by atoms with Crippen LogP contribution in [0.1, 0.15) is 11.3 Å². The van der Waals surface area contributed by atoms with Crippen molar-refractivity contribution in [3.05, 3.63) is 23.4 Å². The second-order valence-electron chi connectivity index (χ2n) is 3.35. The van der Waals surface area contributed by atoms with Gasteiger partial charge in [0, 0.05) is 25.4 Å². The molecular weight excluding hydrogens is 192 g/mol. The lowest BCUT2D eigenvalue weighted by molar-refractivity contribution is 0.349. The summed E-state index contributed by atoms with van der Waals surface area (Å²) in [6, 6.07) is 3.95. The van der Waals surface area contributed by atoms with Crippen molar-refractivity contribution < 1.29 is 0 Å². The summed E-state index contributed by atoms with van der Waals surface area (Å²) < 4.78 is 0. The number of rotatable bonds is 2. The number of hydrazine groups is 2. The summed E-state index contributed by atoms with van der Waals surface area (Å²) in [5.74, 6) is 1.69. The molecule has 6 nitrogen and oxygen atoms in total. The minimum Gasteiger partial charge on any atom is -0.373 e. The summed E-state index contributed by atoms with van der Waals surface area (Å²) in [5, 5.41) is 8.96. The van der Waals surface area contributed by atoms with Gasteiger partial charge in [0.15, 0.2) is 5.84 Å². The van der Waals surface area contributed by atoms with E-state index in [4.69, 9.17) is 0 Å². The summed E-state index contributed by atoms with van der Waals surface area (Å²) in [6.07, 6.45) is 0. The minimum atomic E-state index is 0.841. The molecule has 1 aromatic rings. The van der Waals surface area contributed by atoms with Gasteiger partial charge in [-0.25, -0.2) is 10.5 Å². The lowest BCUT2D eigenvalue weighted by Gasteiger charge is -2.13. The number of hydrogen-bond acceptors (Lipinski definition) is 6. The summed E-state index contributed by atoms with van der Waals surface area (Å²) in [6.45, 7) is 1.96. The molecule has 1 aromatic heterocycles. The van der Waals surface area contributed by atoms with Crippen LogP contribution in [0.3, 0.4) is 0 Å². The third kappa shape index (κ3) is 1.84. The van der Waals surface area contributed by atoms with Crippen LogP contribution in [-0.4, -0.2) is 29.9 Å². The number of nitrogens with zero attached hydrogens (tertiary/aromatic N) is 3. The SMILES string of the molecule is CNc1cc(C2=NNNN2C)cc(C)n1. The fourth-order valence-corrected chi connectivity index (χ4v) is 1.46. The maximum Gasteiger partial charge on any atom is 0.172 e. The Labute approximate surface area is 88.3 Å². The lowest BCUT2D eigenvalue weighted by Crippen LogP contribution is -2.37. The van der Waals surface area contributed by atoms with E-state index < -0.39 is 0 Å². The van der Waals surface area contributed by atoms with Crippen LogP contribution in [0.5, 0.6) is 0 Å². The third-order valence-electron chi connectivity index (χ3n) is 2.16. The highest BCUT2D eigenvalue weighted by molar-refractivity contribution is 5.99. The van der Waals surface area contributed by atoms with Crippen LogP contribution in [0, 0.1) is 6.92 Å². The molecule has 0 saturated heterocycles. The van der Waals surface area contributed by atoms with Crippen molar-refractivity contribution in [2.75, 3.05) is 19.4 Å². The topological polar surface area (TPSA) is 64.6 Å². The van der Waals surface area contributed by atoms with E-state index in [1.807, 2.05) is 38.2 Å². The number of hydrogen-bond donors (Lipinski definition) is 3. The highest BCUT2D eigenvalue weighted by Crippen LogP contribution is 2.12. The Morgan fingerprint density at radius 3 is 2.80 bits per heavy atom. The number of aromatic nitrogens is 1. The van der Waals surface area contributed by atoms with Gasteiger partial charge in [0.2, 0.25) is 0 Å². The van der Waals surface area contributed by atoms with E-state index in [9.17, 15) is 0 Å². The van der Waals surface area contributed by atoms with Crippen molar-refractivity contribution in [3.63, 3.8) is 0 Å². The molecule has 0 spiro atoms. The molecule has 2 heterocycles. The van der Waals surface area contributed by atoms with E-state index in [1.54, 1.807) is 0 Å². The first kappa shape index (κ1) is 9.72. The Kier molecular flexibility index (Phi) is 2.42. The van der Waals surface area contributed by atoms with Crippen LogP contribution in [0.2, 0.25) is 0 Å².